The van der Waals surface area contributed by atoms with Gasteiger partial charge in [0.2, 0.25) is 0 Å². The molecule has 0 saturated heterocycles. The van der Waals surface area contributed by atoms with Crippen LogP contribution >= 0.6 is 38.5 Å². The molecule has 0 saturated carbocycles. The van der Waals surface area contributed by atoms with E-state index < -0.39 is 0 Å². The van der Waals surface area contributed by atoms with Crippen LogP contribution in [0.4, 0.5) is 0 Å². The number of halogens is 2. The second kappa shape index (κ2) is 4.02. The van der Waals surface area contributed by atoms with Gasteiger partial charge in [-0.1, -0.05) is 0 Å². The third-order valence-corrected chi connectivity index (χ3v) is 3.50. The summed E-state index contributed by atoms with van der Waals surface area (Å²) in [5.41, 5.74) is 0.970. The minimum Gasteiger partial charge on any atom is -0.497 e. The molecule has 72 valence electrons. The van der Waals surface area contributed by atoms with Crippen LogP contribution < -0.4 is 4.74 Å². The molecule has 0 aliphatic heterocycles. The van der Waals surface area contributed by atoms with E-state index in [0.717, 1.165) is 21.1 Å². The number of methoxy groups -OCH3 is 1. The lowest BCUT2D eigenvalue weighted by atomic mass is 10.2. The molecule has 4 heteroatoms. The highest BCUT2D eigenvalue weighted by Crippen LogP contribution is 2.30. The molecule has 2 aromatic rings. The predicted molar refractivity (Wildman–Crippen MR) is 68.7 cm³/mol. The average molecular weight is 364 g/mol. The molecule has 0 N–H and O–H groups in total. The van der Waals surface area contributed by atoms with Gasteiger partial charge < -0.3 is 4.74 Å². The van der Waals surface area contributed by atoms with E-state index in [0.29, 0.717) is 0 Å². The van der Waals surface area contributed by atoms with Crippen molar-refractivity contribution in [1.29, 1.82) is 0 Å². The molecule has 14 heavy (non-hydrogen) atoms. The number of rotatable bonds is 1. The zero-order valence-electron chi connectivity index (χ0n) is 7.42. The van der Waals surface area contributed by atoms with E-state index >= 15 is 0 Å². The second-order valence-electron chi connectivity index (χ2n) is 2.80. The summed E-state index contributed by atoms with van der Waals surface area (Å²) in [5, 5.41) is 1.11. The maximum absolute atomic E-state index is 5.20. The Morgan fingerprint density at radius 3 is 2.93 bits per heavy atom. The van der Waals surface area contributed by atoms with Gasteiger partial charge in [0, 0.05) is 19.6 Å². The predicted octanol–water partition coefficient (Wildman–Crippen LogP) is 3.61. The van der Waals surface area contributed by atoms with Crippen LogP contribution in [0.5, 0.6) is 5.75 Å². The molecule has 0 unspecified atom stereocenters. The van der Waals surface area contributed by atoms with E-state index in [1.54, 1.807) is 13.3 Å². The zero-order chi connectivity index (χ0) is 10.1. The topological polar surface area (TPSA) is 22.1 Å². The van der Waals surface area contributed by atoms with Crippen molar-refractivity contribution in [2.24, 2.45) is 0 Å². The highest BCUT2D eigenvalue weighted by atomic mass is 127. The summed E-state index contributed by atoms with van der Waals surface area (Å²) in [6.45, 7) is 0. The summed E-state index contributed by atoms with van der Waals surface area (Å²) in [6.07, 6.45) is 1.81. The second-order valence-corrected chi connectivity index (χ2v) is 4.81. The van der Waals surface area contributed by atoms with Gasteiger partial charge in [-0.2, -0.15) is 0 Å². The number of benzene rings is 1. The molecule has 0 amide bonds. The number of nitrogens with zero attached hydrogens (tertiary/aromatic N) is 1. The van der Waals surface area contributed by atoms with Crippen molar-refractivity contribution < 1.29 is 4.74 Å². The van der Waals surface area contributed by atoms with Gasteiger partial charge in [0.15, 0.2) is 0 Å². The molecular formula is C10H7BrINO. The van der Waals surface area contributed by atoms with Crippen molar-refractivity contribution >= 4 is 49.4 Å². The van der Waals surface area contributed by atoms with Crippen molar-refractivity contribution in [2.75, 3.05) is 7.11 Å². The number of hydrogen-bond donors (Lipinski definition) is 0. The third-order valence-electron chi connectivity index (χ3n) is 1.95. The summed E-state index contributed by atoms with van der Waals surface area (Å²) >= 11 is 5.77. The number of hydrogen-bond acceptors (Lipinski definition) is 2. The first-order valence-corrected chi connectivity index (χ1v) is 5.87. The minimum absolute atomic E-state index is 0.843. The highest BCUT2D eigenvalue weighted by Gasteiger charge is 2.05. The summed E-state index contributed by atoms with van der Waals surface area (Å²) in [5.74, 6) is 0.843. The Bertz CT molecular complexity index is 487. The molecule has 0 atom stereocenters. The lowest BCUT2D eigenvalue weighted by molar-refractivity contribution is 0.415. The molecular weight excluding hydrogens is 357 g/mol. The van der Waals surface area contributed by atoms with E-state index in [9.17, 15) is 0 Å². The summed E-state index contributed by atoms with van der Waals surface area (Å²) in [7, 11) is 1.66. The van der Waals surface area contributed by atoms with Gasteiger partial charge in [0.05, 0.1) is 12.6 Å². The first-order valence-electron chi connectivity index (χ1n) is 4.00. The molecule has 1 aromatic heterocycles. The molecule has 1 heterocycles. The van der Waals surface area contributed by atoms with Gasteiger partial charge >= 0.3 is 0 Å². The molecule has 2 nitrogen and oxygen atoms in total. The van der Waals surface area contributed by atoms with Crippen molar-refractivity contribution in [3.05, 3.63) is 32.4 Å². The van der Waals surface area contributed by atoms with Crippen molar-refractivity contribution in [3.63, 3.8) is 0 Å². The van der Waals surface area contributed by atoms with Crippen molar-refractivity contribution in [2.45, 2.75) is 0 Å². The standard InChI is InChI=1S/C10H7BrINO/c1-14-6-4-7-9(12)2-3-13-10(7)8(11)5-6/h2-5H,1H3. The molecule has 1 aromatic carbocycles. The van der Waals surface area contributed by atoms with Crippen LogP contribution in [0, 0.1) is 3.57 Å². The third kappa shape index (κ3) is 1.72. The van der Waals surface area contributed by atoms with Gasteiger partial charge in [-0.15, -0.1) is 0 Å². The Morgan fingerprint density at radius 2 is 2.21 bits per heavy atom. The van der Waals surface area contributed by atoms with Crippen LogP contribution in [0.25, 0.3) is 10.9 Å². The summed E-state index contributed by atoms with van der Waals surface area (Å²) < 4.78 is 7.33. The zero-order valence-corrected chi connectivity index (χ0v) is 11.2. The largest absolute Gasteiger partial charge is 0.497 e. The van der Waals surface area contributed by atoms with Gasteiger partial charge in [-0.25, -0.2) is 0 Å². The maximum Gasteiger partial charge on any atom is 0.120 e. The fourth-order valence-electron chi connectivity index (χ4n) is 1.27. The fourth-order valence-corrected chi connectivity index (χ4v) is 2.39. The maximum atomic E-state index is 5.20. The smallest absolute Gasteiger partial charge is 0.120 e. The molecule has 0 radical (unpaired) electrons. The van der Waals surface area contributed by atoms with E-state index in [1.807, 2.05) is 18.2 Å². The van der Waals surface area contributed by atoms with Crippen LogP contribution in [0.2, 0.25) is 0 Å². The highest BCUT2D eigenvalue weighted by molar-refractivity contribution is 14.1. The Balaban J connectivity index is 2.83. The van der Waals surface area contributed by atoms with Crippen molar-refractivity contribution in [1.82, 2.24) is 4.98 Å². The minimum atomic E-state index is 0.843. The van der Waals surface area contributed by atoms with Gasteiger partial charge in [-0.05, 0) is 56.7 Å². The molecule has 0 aliphatic rings. The van der Waals surface area contributed by atoms with E-state index in [-0.39, 0.29) is 0 Å². The normalized spacial score (nSPS) is 10.5. The van der Waals surface area contributed by atoms with E-state index in [2.05, 4.69) is 43.5 Å². The van der Waals surface area contributed by atoms with Gasteiger partial charge in [0.25, 0.3) is 0 Å². The number of ether oxygens (including phenoxy) is 1. The summed E-state index contributed by atoms with van der Waals surface area (Å²) in [4.78, 5) is 4.31. The van der Waals surface area contributed by atoms with Crippen LogP contribution in [-0.2, 0) is 0 Å². The molecule has 2 rings (SSSR count). The van der Waals surface area contributed by atoms with Crippen molar-refractivity contribution in [3.8, 4) is 5.75 Å². The van der Waals surface area contributed by atoms with Crippen LogP contribution in [0.15, 0.2) is 28.9 Å². The Kier molecular flexibility index (Phi) is 2.92. The van der Waals surface area contributed by atoms with Gasteiger partial charge in [-0.3, -0.25) is 4.98 Å². The van der Waals surface area contributed by atoms with E-state index in [4.69, 9.17) is 4.74 Å². The quantitative estimate of drug-likeness (QED) is 0.722. The van der Waals surface area contributed by atoms with Crippen LogP contribution in [0.3, 0.4) is 0 Å². The lowest BCUT2D eigenvalue weighted by Crippen LogP contribution is -1.87. The average Bonchev–Trinajstić information content (AvgIpc) is 2.19. The monoisotopic (exact) mass is 363 g/mol. The first kappa shape index (κ1) is 10.2. The molecule has 0 fully saturated rings. The fraction of sp³-hybridized carbons (Fsp3) is 0.100. The van der Waals surface area contributed by atoms with Crippen LogP contribution in [-0.4, -0.2) is 12.1 Å². The molecule has 0 bridgehead atoms. The summed E-state index contributed by atoms with van der Waals surface area (Å²) in [6, 6.07) is 5.90. The Labute approximate surface area is 104 Å². The first-order chi connectivity index (χ1) is 6.72. The number of fused-ring (bicyclic) bond motifs is 1. The SMILES string of the molecule is COc1cc(Br)c2nccc(I)c2c1. The van der Waals surface area contributed by atoms with Crippen LogP contribution in [0.1, 0.15) is 0 Å². The number of pyridine rings is 1. The number of aromatic nitrogens is 1. The molecule has 0 aliphatic carbocycles. The van der Waals surface area contributed by atoms with E-state index in [1.165, 1.54) is 3.57 Å². The Morgan fingerprint density at radius 1 is 1.43 bits per heavy atom. The molecule has 0 spiro atoms. The Hall–Kier alpha value is -0.360. The van der Waals surface area contributed by atoms with Gasteiger partial charge in [0.1, 0.15) is 5.75 Å². The lowest BCUT2D eigenvalue weighted by Gasteiger charge is -2.05.